The molecule has 0 spiro atoms. The minimum absolute atomic E-state index is 0.0344. The van der Waals surface area contributed by atoms with Crippen LogP contribution in [0.15, 0.2) is 24.3 Å². The van der Waals surface area contributed by atoms with Gasteiger partial charge in [-0.3, -0.25) is 4.79 Å². The number of rotatable bonds is 4. The molecule has 1 N–H and O–H groups in total. The number of piperidine rings is 1. The van der Waals surface area contributed by atoms with E-state index in [1.807, 2.05) is 6.07 Å². The average molecular weight is 381 g/mol. The number of amides is 1. The van der Waals surface area contributed by atoms with Crippen molar-refractivity contribution >= 4 is 16.1 Å². The van der Waals surface area contributed by atoms with Gasteiger partial charge in [0.1, 0.15) is 5.75 Å². The van der Waals surface area contributed by atoms with Gasteiger partial charge in [0.05, 0.1) is 6.42 Å². The third-order valence-electron chi connectivity index (χ3n) is 5.04. The van der Waals surface area contributed by atoms with Crippen LogP contribution in [0.1, 0.15) is 31.2 Å². The van der Waals surface area contributed by atoms with Gasteiger partial charge >= 0.3 is 0 Å². The molecule has 7 nitrogen and oxygen atoms in total. The first-order chi connectivity index (χ1) is 12.5. The minimum Gasteiger partial charge on any atom is -0.508 e. The number of phenolic OH excluding ortho intramolecular Hbond substituents is 1. The maximum absolute atomic E-state index is 12.8. The lowest BCUT2D eigenvalue weighted by Crippen LogP contribution is -2.47. The molecule has 0 aliphatic carbocycles. The van der Waals surface area contributed by atoms with E-state index in [0.29, 0.717) is 45.7 Å². The van der Waals surface area contributed by atoms with Gasteiger partial charge in [-0.05, 0) is 37.0 Å². The lowest BCUT2D eigenvalue weighted by molar-refractivity contribution is -0.130. The van der Waals surface area contributed by atoms with Gasteiger partial charge in [-0.15, -0.1) is 0 Å². The summed E-state index contributed by atoms with van der Waals surface area (Å²) in [7, 11) is -3.43. The summed E-state index contributed by atoms with van der Waals surface area (Å²) in [5.74, 6) is 0.109. The molecule has 0 bridgehead atoms. The highest BCUT2D eigenvalue weighted by atomic mass is 32.2. The van der Waals surface area contributed by atoms with Crippen LogP contribution >= 0.6 is 0 Å². The number of aromatic hydroxyl groups is 1. The van der Waals surface area contributed by atoms with Crippen LogP contribution in [-0.4, -0.2) is 72.2 Å². The number of carbonyl (C=O) groups is 1. The highest BCUT2D eigenvalue weighted by molar-refractivity contribution is 7.86. The van der Waals surface area contributed by atoms with Crippen LogP contribution in [0, 0.1) is 0 Å². The Morgan fingerprint density at radius 1 is 0.923 bits per heavy atom. The molecule has 1 amide bonds. The summed E-state index contributed by atoms with van der Waals surface area (Å²) in [6.07, 6.45) is 3.78. The molecule has 0 radical (unpaired) electrons. The number of nitrogens with zero attached hydrogens (tertiary/aromatic N) is 3. The van der Waals surface area contributed by atoms with E-state index in [-0.39, 0.29) is 18.1 Å². The Labute approximate surface area is 155 Å². The van der Waals surface area contributed by atoms with Crippen molar-refractivity contribution in [2.45, 2.75) is 32.1 Å². The van der Waals surface area contributed by atoms with E-state index < -0.39 is 10.2 Å². The first-order valence-electron chi connectivity index (χ1n) is 9.28. The second-order valence-electron chi connectivity index (χ2n) is 6.95. The standard InChI is InChI=1S/C18H27N3O4S/c22-17-7-4-6-16(14-17)15-18(23)19-8-5-11-21(13-12-19)26(24,25)20-9-2-1-3-10-20/h4,6-7,14,22H,1-3,5,8-13,15H2. The van der Waals surface area contributed by atoms with Crippen molar-refractivity contribution < 1.29 is 18.3 Å². The molecule has 8 heteroatoms. The lowest BCUT2D eigenvalue weighted by atomic mass is 10.1. The monoisotopic (exact) mass is 381 g/mol. The van der Waals surface area contributed by atoms with Gasteiger partial charge in [-0.2, -0.15) is 17.0 Å². The van der Waals surface area contributed by atoms with Crippen molar-refractivity contribution in [3.63, 3.8) is 0 Å². The van der Waals surface area contributed by atoms with E-state index in [0.717, 1.165) is 24.8 Å². The fourth-order valence-corrected chi connectivity index (χ4v) is 5.30. The summed E-state index contributed by atoms with van der Waals surface area (Å²) in [5, 5.41) is 9.53. The number of hydrogen-bond acceptors (Lipinski definition) is 4. The van der Waals surface area contributed by atoms with Gasteiger partial charge in [-0.1, -0.05) is 18.6 Å². The molecule has 2 aliphatic rings. The topological polar surface area (TPSA) is 81.2 Å². The van der Waals surface area contributed by atoms with Crippen LogP contribution < -0.4 is 0 Å². The van der Waals surface area contributed by atoms with E-state index in [4.69, 9.17) is 0 Å². The molecule has 2 aliphatic heterocycles. The molecule has 2 heterocycles. The summed E-state index contributed by atoms with van der Waals surface area (Å²) in [5.41, 5.74) is 0.761. The lowest BCUT2D eigenvalue weighted by Gasteiger charge is -2.31. The SMILES string of the molecule is O=C(Cc1cccc(O)c1)N1CCCN(S(=O)(=O)N2CCCCC2)CC1. The van der Waals surface area contributed by atoms with Crippen molar-refractivity contribution in [1.29, 1.82) is 0 Å². The fraction of sp³-hybridized carbons (Fsp3) is 0.611. The van der Waals surface area contributed by atoms with Crippen molar-refractivity contribution in [3.8, 4) is 5.75 Å². The van der Waals surface area contributed by atoms with Gasteiger partial charge in [0, 0.05) is 39.3 Å². The number of hydrogen-bond donors (Lipinski definition) is 1. The van der Waals surface area contributed by atoms with Crippen LogP contribution in [0.4, 0.5) is 0 Å². The van der Waals surface area contributed by atoms with Gasteiger partial charge in [0.2, 0.25) is 5.91 Å². The van der Waals surface area contributed by atoms with E-state index >= 15 is 0 Å². The summed E-state index contributed by atoms with van der Waals surface area (Å²) in [4.78, 5) is 14.3. The normalized spacial score (nSPS) is 20.7. The second-order valence-corrected chi connectivity index (χ2v) is 8.88. The van der Waals surface area contributed by atoms with Crippen LogP contribution in [0.2, 0.25) is 0 Å². The number of phenols is 1. The summed E-state index contributed by atoms with van der Waals surface area (Å²) >= 11 is 0. The third kappa shape index (κ3) is 4.55. The number of benzene rings is 1. The molecular weight excluding hydrogens is 354 g/mol. The van der Waals surface area contributed by atoms with Gasteiger partial charge in [-0.25, -0.2) is 0 Å². The van der Waals surface area contributed by atoms with Crippen molar-refractivity contribution in [3.05, 3.63) is 29.8 Å². The van der Waals surface area contributed by atoms with Crippen LogP contribution in [0.5, 0.6) is 5.75 Å². The molecule has 0 saturated carbocycles. The minimum atomic E-state index is -3.43. The highest BCUT2D eigenvalue weighted by Gasteiger charge is 2.32. The molecule has 2 fully saturated rings. The van der Waals surface area contributed by atoms with Gasteiger partial charge < -0.3 is 10.0 Å². The molecule has 1 aromatic carbocycles. The third-order valence-corrected chi connectivity index (χ3v) is 7.08. The Kier molecular flexibility index (Phi) is 6.16. The first kappa shape index (κ1) is 19.1. The summed E-state index contributed by atoms with van der Waals surface area (Å²) in [6, 6.07) is 6.68. The van der Waals surface area contributed by atoms with E-state index in [9.17, 15) is 18.3 Å². The molecule has 1 aromatic rings. The maximum atomic E-state index is 12.8. The molecule has 3 rings (SSSR count). The largest absolute Gasteiger partial charge is 0.508 e. The molecular formula is C18H27N3O4S. The Balaban J connectivity index is 1.59. The van der Waals surface area contributed by atoms with Gasteiger partial charge in [0.15, 0.2) is 0 Å². The Hall–Kier alpha value is -1.64. The Morgan fingerprint density at radius 3 is 2.35 bits per heavy atom. The van der Waals surface area contributed by atoms with Crippen molar-refractivity contribution in [1.82, 2.24) is 13.5 Å². The van der Waals surface area contributed by atoms with E-state index in [1.165, 1.54) is 4.31 Å². The summed E-state index contributed by atoms with van der Waals surface area (Å²) < 4.78 is 28.7. The molecule has 2 saturated heterocycles. The molecule has 0 unspecified atom stereocenters. The van der Waals surface area contributed by atoms with E-state index in [1.54, 1.807) is 27.4 Å². The zero-order valence-corrected chi connectivity index (χ0v) is 15.8. The fourth-order valence-electron chi connectivity index (χ4n) is 3.59. The highest BCUT2D eigenvalue weighted by Crippen LogP contribution is 2.19. The molecule has 0 aromatic heterocycles. The smallest absolute Gasteiger partial charge is 0.282 e. The molecule has 0 atom stereocenters. The van der Waals surface area contributed by atoms with Crippen molar-refractivity contribution in [2.75, 3.05) is 39.3 Å². The Bertz CT molecular complexity index is 732. The van der Waals surface area contributed by atoms with Crippen molar-refractivity contribution in [2.24, 2.45) is 0 Å². The van der Waals surface area contributed by atoms with Crippen LogP contribution in [0.25, 0.3) is 0 Å². The first-order valence-corrected chi connectivity index (χ1v) is 10.7. The maximum Gasteiger partial charge on any atom is 0.282 e. The molecule has 144 valence electrons. The average Bonchev–Trinajstić information content (AvgIpc) is 2.89. The van der Waals surface area contributed by atoms with Crippen LogP contribution in [-0.2, 0) is 21.4 Å². The second kappa shape index (κ2) is 8.37. The quantitative estimate of drug-likeness (QED) is 0.850. The number of carbonyl (C=O) groups excluding carboxylic acids is 1. The van der Waals surface area contributed by atoms with Crippen LogP contribution in [0.3, 0.4) is 0 Å². The zero-order valence-electron chi connectivity index (χ0n) is 15.0. The van der Waals surface area contributed by atoms with E-state index in [2.05, 4.69) is 0 Å². The predicted octanol–water partition coefficient (Wildman–Crippen LogP) is 1.20. The zero-order chi connectivity index (χ0) is 18.6. The summed E-state index contributed by atoms with van der Waals surface area (Å²) in [6.45, 7) is 2.95. The Morgan fingerprint density at radius 2 is 1.62 bits per heavy atom. The molecule has 26 heavy (non-hydrogen) atoms. The van der Waals surface area contributed by atoms with Gasteiger partial charge in [0.25, 0.3) is 10.2 Å². The predicted molar refractivity (Wildman–Crippen MR) is 98.9 cm³/mol.